The minimum Gasteiger partial charge on any atom is -0.363 e. The molecule has 1 aromatic heterocycles. The topological polar surface area (TPSA) is 82.2 Å². The summed E-state index contributed by atoms with van der Waals surface area (Å²) in [6, 6.07) is 7.05. The molecule has 1 aliphatic carbocycles. The number of para-hydroxylation sites is 1. The first-order valence-corrected chi connectivity index (χ1v) is 10.4. The molecule has 0 atom stereocenters. The lowest BCUT2D eigenvalue weighted by Crippen LogP contribution is -2.36. The first-order valence-electron chi connectivity index (χ1n) is 9.68. The molecule has 3 N–H and O–H groups in total. The van der Waals surface area contributed by atoms with Crippen LogP contribution in [0.3, 0.4) is 0 Å². The van der Waals surface area contributed by atoms with Crippen LogP contribution in [0, 0.1) is 5.92 Å². The molecule has 29 heavy (non-hydrogen) atoms. The highest BCUT2D eigenvalue weighted by Gasteiger charge is 2.22. The Labute approximate surface area is 181 Å². The number of hydrogen-bond donors (Lipinski definition) is 3. The van der Waals surface area contributed by atoms with E-state index in [1.54, 1.807) is 24.4 Å². The summed E-state index contributed by atoms with van der Waals surface area (Å²) in [6.45, 7) is 0.618. The number of carbonyl (C=O) groups excluding carboxylic acids is 1. The van der Waals surface area contributed by atoms with Gasteiger partial charge in [-0.25, -0.2) is 9.78 Å². The van der Waals surface area contributed by atoms with Crippen LogP contribution in [0.4, 0.5) is 22.2 Å². The molecule has 1 heterocycles. The van der Waals surface area contributed by atoms with Gasteiger partial charge in [-0.2, -0.15) is 4.98 Å². The number of benzene rings is 1. The Balaban J connectivity index is 1.42. The van der Waals surface area contributed by atoms with Crippen molar-refractivity contribution in [2.24, 2.45) is 5.92 Å². The summed E-state index contributed by atoms with van der Waals surface area (Å²) in [5.41, 5.74) is 0.432. The first kappa shape index (κ1) is 21.5. The molecule has 7 nitrogen and oxygen atoms in total. The maximum absolute atomic E-state index is 12.2. The normalized spacial score (nSPS) is 18.8. The van der Waals surface area contributed by atoms with E-state index in [1.165, 1.54) is 0 Å². The average molecular weight is 437 g/mol. The summed E-state index contributed by atoms with van der Waals surface area (Å²) in [4.78, 5) is 23.0. The van der Waals surface area contributed by atoms with Gasteiger partial charge in [0.1, 0.15) is 5.82 Å². The second-order valence-electron chi connectivity index (χ2n) is 7.43. The highest BCUT2D eigenvalue weighted by molar-refractivity contribution is 6.39. The third-order valence-electron chi connectivity index (χ3n) is 5.03. The van der Waals surface area contributed by atoms with Gasteiger partial charge in [-0.05, 0) is 49.8 Å². The van der Waals surface area contributed by atoms with E-state index in [0.29, 0.717) is 40.2 Å². The van der Waals surface area contributed by atoms with E-state index in [-0.39, 0.29) is 6.03 Å². The molecule has 0 spiro atoms. The summed E-state index contributed by atoms with van der Waals surface area (Å²) in [5, 5.41) is 9.91. The molecule has 3 rings (SSSR count). The lowest BCUT2D eigenvalue weighted by Gasteiger charge is -2.29. The second kappa shape index (κ2) is 9.98. The zero-order valence-electron chi connectivity index (χ0n) is 16.6. The average Bonchev–Trinajstić information content (AvgIpc) is 2.70. The number of amides is 2. The van der Waals surface area contributed by atoms with Gasteiger partial charge in [-0.15, -0.1) is 0 Å². The Hall–Kier alpha value is -2.25. The van der Waals surface area contributed by atoms with Gasteiger partial charge in [0, 0.05) is 32.9 Å². The molecule has 156 valence electrons. The van der Waals surface area contributed by atoms with Crippen LogP contribution < -0.4 is 20.9 Å². The largest absolute Gasteiger partial charge is 0.363 e. The number of carbonyl (C=O) groups is 1. The lowest BCUT2D eigenvalue weighted by molar-refractivity contribution is 0.246. The van der Waals surface area contributed by atoms with Crippen LogP contribution in [0.15, 0.2) is 30.5 Å². The van der Waals surface area contributed by atoms with E-state index in [2.05, 4.69) is 25.9 Å². The number of nitrogens with zero attached hydrogens (tertiary/aromatic N) is 3. The van der Waals surface area contributed by atoms with Gasteiger partial charge in [0.2, 0.25) is 5.95 Å². The van der Waals surface area contributed by atoms with Crippen molar-refractivity contribution in [3.8, 4) is 0 Å². The number of nitrogens with one attached hydrogen (secondary N) is 3. The van der Waals surface area contributed by atoms with Crippen LogP contribution in [0.5, 0.6) is 0 Å². The van der Waals surface area contributed by atoms with Gasteiger partial charge in [0.05, 0.1) is 15.7 Å². The van der Waals surface area contributed by atoms with Crippen LogP contribution in [-0.2, 0) is 0 Å². The summed E-state index contributed by atoms with van der Waals surface area (Å²) in [7, 11) is 3.92. The van der Waals surface area contributed by atoms with Gasteiger partial charge in [0.25, 0.3) is 0 Å². The molecule has 2 amide bonds. The summed E-state index contributed by atoms with van der Waals surface area (Å²) >= 11 is 12.2. The van der Waals surface area contributed by atoms with Gasteiger partial charge in [0.15, 0.2) is 0 Å². The monoisotopic (exact) mass is 436 g/mol. The minimum atomic E-state index is -0.297. The molecule has 1 aliphatic rings. The lowest BCUT2D eigenvalue weighted by atomic mass is 9.86. The van der Waals surface area contributed by atoms with Crippen LogP contribution >= 0.6 is 23.2 Å². The van der Waals surface area contributed by atoms with E-state index in [1.807, 2.05) is 25.1 Å². The maximum atomic E-state index is 12.2. The molecule has 9 heteroatoms. The first-order chi connectivity index (χ1) is 13.9. The fraction of sp³-hybridized carbons (Fsp3) is 0.450. The van der Waals surface area contributed by atoms with Crippen molar-refractivity contribution in [2.75, 3.05) is 36.2 Å². The van der Waals surface area contributed by atoms with Crippen molar-refractivity contribution in [3.63, 3.8) is 0 Å². The predicted molar refractivity (Wildman–Crippen MR) is 119 cm³/mol. The van der Waals surface area contributed by atoms with Crippen molar-refractivity contribution in [1.82, 2.24) is 15.3 Å². The van der Waals surface area contributed by atoms with E-state index in [0.717, 1.165) is 31.5 Å². The number of aromatic nitrogens is 2. The SMILES string of the molecule is CN(C)c1ccnc(NC2CCC(CNC(=O)Nc3c(Cl)cccc3Cl)CC2)n1. The summed E-state index contributed by atoms with van der Waals surface area (Å²) in [6.07, 6.45) is 5.85. The van der Waals surface area contributed by atoms with Crippen molar-refractivity contribution in [1.29, 1.82) is 0 Å². The molecule has 0 aliphatic heterocycles. The number of halogens is 2. The third kappa shape index (κ3) is 6.11. The molecular weight excluding hydrogens is 411 g/mol. The molecular formula is C20H26Cl2N6O. The van der Waals surface area contributed by atoms with Gasteiger partial charge in [-0.1, -0.05) is 29.3 Å². The Bertz CT molecular complexity index is 819. The van der Waals surface area contributed by atoms with Gasteiger partial charge >= 0.3 is 6.03 Å². The van der Waals surface area contributed by atoms with Gasteiger partial charge < -0.3 is 20.9 Å². The highest BCUT2D eigenvalue weighted by atomic mass is 35.5. The Morgan fingerprint density at radius 2 is 1.83 bits per heavy atom. The van der Waals surface area contributed by atoms with Crippen LogP contribution in [0.25, 0.3) is 0 Å². The quantitative estimate of drug-likeness (QED) is 0.613. The molecule has 1 fully saturated rings. The Morgan fingerprint density at radius 3 is 2.48 bits per heavy atom. The summed E-state index contributed by atoms with van der Waals surface area (Å²) < 4.78 is 0. The van der Waals surface area contributed by atoms with Crippen molar-refractivity contribution in [3.05, 3.63) is 40.5 Å². The standard InChI is InChI=1S/C20H26Cl2N6O/c1-28(2)17-10-11-23-19(26-17)25-14-8-6-13(7-9-14)12-24-20(29)27-18-15(21)4-3-5-16(18)22/h3-5,10-11,13-14H,6-9,12H2,1-2H3,(H,23,25,26)(H2,24,27,29). The zero-order chi connectivity index (χ0) is 20.8. The number of hydrogen-bond acceptors (Lipinski definition) is 5. The molecule has 0 bridgehead atoms. The Morgan fingerprint density at radius 1 is 1.14 bits per heavy atom. The van der Waals surface area contributed by atoms with Crippen molar-refractivity contribution < 1.29 is 4.79 Å². The van der Waals surface area contributed by atoms with Crippen LogP contribution in [0.2, 0.25) is 10.0 Å². The van der Waals surface area contributed by atoms with E-state index >= 15 is 0 Å². The molecule has 2 aromatic rings. The fourth-order valence-electron chi connectivity index (χ4n) is 3.37. The predicted octanol–water partition coefficient (Wildman–Crippen LogP) is 4.64. The smallest absolute Gasteiger partial charge is 0.319 e. The fourth-order valence-corrected chi connectivity index (χ4v) is 3.87. The molecule has 0 radical (unpaired) electrons. The van der Waals surface area contributed by atoms with Crippen molar-refractivity contribution >= 4 is 46.7 Å². The number of rotatable bonds is 6. The molecule has 1 aromatic carbocycles. The van der Waals surface area contributed by atoms with E-state index in [4.69, 9.17) is 23.2 Å². The molecule has 0 unspecified atom stereocenters. The second-order valence-corrected chi connectivity index (χ2v) is 8.24. The maximum Gasteiger partial charge on any atom is 0.319 e. The van der Waals surface area contributed by atoms with Gasteiger partial charge in [-0.3, -0.25) is 0 Å². The van der Waals surface area contributed by atoms with Crippen LogP contribution in [0.1, 0.15) is 25.7 Å². The van der Waals surface area contributed by atoms with Crippen molar-refractivity contribution in [2.45, 2.75) is 31.7 Å². The number of urea groups is 1. The van der Waals surface area contributed by atoms with E-state index in [9.17, 15) is 4.79 Å². The minimum absolute atomic E-state index is 0.297. The van der Waals surface area contributed by atoms with E-state index < -0.39 is 0 Å². The molecule has 1 saturated carbocycles. The molecule has 0 saturated heterocycles. The zero-order valence-corrected chi connectivity index (χ0v) is 18.1. The summed E-state index contributed by atoms with van der Waals surface area (Å²) in [5.74, 6) is 1.98. The van der Waals surface area contributed by atoms with Crippen LogP contribution in [-0.4, -0.2) is 42.7 Å². The number of anilines is 3. The highest BCUT2D eigenvalue weighted by Crippen LogP contribution is 2.30. The third-order valence-corrected chi connectivity index (χ3v) is 5.66. The Kier molecular flexibility index (Phi) is 7.39.